The summed E-state index contributed by atoms with van der Waals surface area (Å²) in [5.41, 5.74) is 0. The lowest BCUT2D eigenvalue weighted by molar-refractivity contribution is -0.122. The fourth-order valence-electron chi connectivity index (χ4n) is 1.08. The largest absolute Gasteiger partial charge is 0.356 e. The first-order valence-electron chi connectivity index (χ1n) is 6.86. The SMILES string of the molecule is CCC(=O)NCC(C)C.CCNC(=O)CC(C)C. The molecule has 0 saturated heterocycles. The molecule has 0 fully saturated rings. The van der Waals surface area contributed by atoms with E-state index in [1.807, 2.05) is 27.7 Å². The van der Waals surface area contributed by atoms with Crippen LogP contribution >= 0.6 is 0 Å². The van der Waals surface area contributed by atoms with Crippen molar-refractivity contribution in [2.45, 2.75) is 54.4 Å². The molecule has 0 radical (unpaired) electrons. The summed E-state index contributed by atoms with van der Waals surface area (Å²) in [6, 6.07) is 0. The lowest BCUT2D eigenvalue weighted by Crippen LogP contribution is -2.26. The molecule has 0 bridgehead atoms. The summed E-state index contributed by atoms with van der Waals surface area (Å²) < 4.78 is 0. The van der Waals surface area contributed by atoms with Crippen LogP contribution in [0.4, 0.5) is 0 Å². The highest BCUT2D eigenvalue weighted by Crippen LogP contribution is 1.97. The minimum Gasteiger partial charge on any atom is -0.356 e. The van der Waals surface area contributed by atoms with Crippen LogP contribution in [0.3, 0.4) is 0 Å². The lowest BCUT2D eigenvalue weighted by Gasteiger charge is -2.04. The second-order valence-corrected chi connectivity index (χ2v) is 5.10. The van der Waals surface area contributed by atoms with Gasteiger partial charge >= 0.3 is 0 Å². The molecule has 0 spiro atoms. The van der Waals surface area contributed by atoms with Crippen molar-refractivity contribution in [2.75, 3.05) is 13.1 Å². The Kier molecular flexibility index (Phi) is 13.3. The average molecular weight is 258 g/mol. The first-order valence-corrected chi connectivity index (χ1v) is 6.86. The number of carbonyl (C=O) groups is 2. The van der Waals surface area contributed by atoms with Crippen molar-refractivity contribution < 1.29 is 9.59 Å². The van der Waals surface area contributed by atoms with Crippen molar-refractivity contribution in [3.05, 3.63) is 0 Å². The van der Waals surface area contributed by atoms with E-state index in [1.165, 1.54) is 0 Å². The van der Waals surface area contributed by atoms with Gasteiger partial charge in [-0.2, -0.15) is 0 Å². The molecule has 0 aromatic rings. The van der Waals surface area contributed by atoms with Gasteiger partial charge in [-0.1, -0.05) is 34.6 Å². The molecule has 0 unspecified atom stereocenters. The van der Waals surface area contributed by atoms with E-state index in [0.29, 0.717) is 24.7 Å². The van der Waals surface area contributed by atoms with Crippen molar-refractivity contribution in [1.82, 2.24) is 10.6 Å². The first kappa shape index (κ1) is 19.3. The zero-order chi connectivity index (χ0) is 14.6. The van der Waals surface area contributed by atoms with Crippen molar-refractivity contribution in [3.63, 3.8) is 0 Å². The Morgan fingerprint density at radius 1 is 0.889 bits per heavy atom. The van der Waals surface area contributed by atoms with Crippen LogP contribution in [-0.4, -0.2) is 24.9 Å². The zero-order valence-electron chi connectivity index (χ0n) is 12.8. The predicted molar refractivity (Wildman–Crippen MR) is 76.3 cm³/mol. The molecule has 4 heteroatoms. The van der Waals surface area contributed by atoms with Gasteiger partial charge in [0.2, 0.25) is 11.8 Å². The molecule has 4 nitrogen and oxygen atoms in total. The second kappa shape index (κ2) is 12.4. The molecule has 0 atom stereocenters. The summed E-state index contributed by atoms with van der Waals surface area (Å²) in [5.74, 6) is 1.33. The van der Waals surface area contributed by atoms with E-state index in [0.717, 1.165) is 13.1 Å². The van der Waals surface area contributed by atoms with E-state index in [4.69, 9.17) is 0 Å². The predicted octanol–water partition coefficient (Wildman–Crippen LogP) is 2.34. The van der Waals surface area contributed by atoms with Crippen LogP contribution in [0.5, 0.6) is 0 Å². The topological polar surface area (TPSA) is 58.2 Å². The quantitative estimate of drug-likeness (QED) is 0.768. The number of carbonyl (C=O) groups excluding carboxylic acids is 2. The number of amides is 2. The van der Waals surface area contributed by atoms with Crippen molar-refractivity contribution in [3.8, 4) is 0 Å². The van der Waals surface area contributed by atoms with Gasteiger partial charge in [0.25, 0.3) is 0 Å². The van der Waals surface area contributed by atoms with Gasteiger partial charge in [0, 0.05) is 25.9 Å². The maximum atomic E-state index is 10.7. The standard InChI is InChI=1S/2C7H15NO/c1-4-8-7(9)5-6(2)3;1-4-7(9)8-5-6(2)3/h2*6H,4-5H2,1-3H3,(H,8,9). The molecule has 0 heterocycles. The zero-order valence-corrected chi connectivity index (χ0v) is 12.8. The Labute approximate surface area is 112 Å². The Morgan fingerprint density at radius 3 is 1.78 bits per heavy atom. The molecule has 0 rings (SSSR count). The summed E-state index contributed by atoms with van der Waals surface area (Å²) >= 11 is 0. The van der Waals surface area contributed by atoms with Crippen LogP contribution in [0.15, 0.2) is 0 Å². The monoisotopic (exact) mass is 258 g/mol. The van der Waals surface area contributed by atoms with Gasteiger partial charge in [-0.25, -0.2) is 0 Å². The van der Waals surface area contributed by atoms with Gasteiger partial charge in [0.15, 0.2) is 0 Å². The molecule has 0 aliphatic heterocycles. The Bertz CT molecular complexity index is 226. The van der Waals surface area contributed by atoms with E-state index in [9.17, 15) is 9.59 Å². The van der Waals surface area contributed by atoms with E-state index in [-0.39, 0.29) is 11.8 Å². The lowest BCUT2D eigenvalue weighted by atomic mass is 10.1. The smallest absolute Gasteiger partial charge is 0.220 e. The van der Waals surface area contributed by atoms with Gasteiger partial charge in [-0.15, -0.1) is 0 Å². The highest BCUT2D eigenvalue weighted by Gasteiger charge is 2.00. The molecule has 0 aromatic carbocycles. The third kappa shape index (κ3) is 17.3. The molecule has 0 aliphatic rings. The maximum absolute atomic E-state index is 10.7. The van der Waals surface area contributed by atoms with Crippen molar-refractivity contribution in [1.29, 1.82) is 0 Å². The molecule has 0 saturated carbocycles. The number of nitrogens with one attached hydrogen (secondary N) is 2. The summed E-state index contributed by atoms with van der Waals surface area (Å²) in [6.45, 7) is 13.6. The Morgan fingerprint density at radius 2 is 1.44 bits per heavy atom. The molecule has 18 heavy (non-hydrogen) atoms. The molecule has 2 N–H and O–H groups in total. The normalized spacial score (nSPS) is 9.78. The second-order valence-electron chi connectivity index (χ2n) is 5.10. The highest BCUT2D eigenvalue weighted by molar-refractivity contribution is 5.76. The van der Waals surface area contributed by atoms with Crippen LogP contribution in [0.1, 0.15) is 54.4 Å². The summed E-state index contributed by atoms with van der Waals surface area (Å²) in [5, 5.41) is 5.53. The van der Waals surface area contributed by atoms with E-state index < -0.39 is 0 Å². The highest BCUT2D eigenvalue weighted by atomic mass is 16.2. The first-order chi connectivity index (χ1) is 8.33. The third-order valence-corrected chi connectivity index (χ3v) is 2.00. The fourth-order valence-corrected chi connectivity index (χ4v) is 1.08. The molecule has 0 aromatic heterocycles. The number of hydrogen-bond donors (Lipinski definition) is 2. The Hall–Kier alpha value is -1.06. The van der Waals surface area contributed by atoms with Crippen LogP contribution in [0.25, 0.3) is 0 Å². The third-order valence-electron chi connectivity index (χ3n) is 2.00. The van der Waals surface area contributed by atoms with E-state index >= 15 is 0 Å². The number of rotatable bonds is 6. The molecule has 2 amide bonds. The molecule has 108 valence electrons. The van der Waals surface area contributed by atoms with Gasteiger partial charge < -0.3 is 10.6 Å². The Balaban J connectivity index is 0. The van der Waals surface area contributed by atoms with Gasteiger partial charge in [0.1, 0.15) is 0 Å². The van der Waals surface area contributed by atoms with E-state index in [2.05, 4.69) is 24.5 Å². The molecular weight excluding hydrogens is 228 g/mol. The minimum absolute atomic E-state index is 0.142. The number of hydrogen-bond acceptors (Lipinski definition) is 2. The summed E-state index contributed by atoms with van der Waals surface area (Å²) in [6.07, 6.45) is 1.24. The summed E-state index contributed by atoms with van der Waals surface area (Å²) in [4.78, 5) is 21.3. The van der Waals surface area contributed by atoms with Crippen molar-refractivity contribution >= 4 is 11.8 Å². The van der Waals surface area contributed by atoms with E-state index in [1.54, 1.807) is 0 Å². The van der Waals surface area contributed by atoms with Crippen LogP contribution in [0, 0.1) is 11.8 Å². The minimum atomic E-state index is 0.142. The van der Waals surface area contributed by atoms with Crippen molar-refractivity contribution in [2.24, 2.45) is 11.8 Å². The van der Waals surface area contributed by atoms with Crippen LogP contribution in [0.2, 0.25) is 0 Å². The summed E-state index contributed by atoms with van der Waals surface area (Å²) in [7, 11) is 0. The molecular formula is C14H30N2O2. The fraction of sp³-hybridized carbons (Fsp3) is 0.857. The average Bonchev–Trinajstić information content (AvgIpc) is 2.26. The van der Waals surface area contributed by atoms with Gasteiger partial charge in [-0.05, 0) is 18.8 Å². The maximum Gasteiger partial charge on any atom is 0.220 e. The van der Waals surface area contributed by atoms with Crippen LogP contribution < -0.4 is 10.6 Å². The van der Waals surface area contributed by atoms with Gasteiger partial charge in [-0.3, -0.25) is 9.59 Å². The molecule has 0 aliphatic carbocycles. The van der Waals surface area contributed by atoms with Crippen LogP contribution in [-0.2, 0) is 9.59 Å². The van der Waals surface area contributed by atoms with Gasteiger partial charge in [0.05, 0.1) is 0 Å².